The predicted octanol–water partition coefficient (Wildman–Crippen LogP) is 2.06. The van der Waals surface area contributed by atoms with E-state index in [1.165, 1.54) is 25.9 Å². The number of hydrogen-bond acceptors (Lipinski definition) is 3. The second kappa shape index (κ2) is 5.50. The van der Waals surface area contributed by atoms with Crippen LogP contribution in [0.1, 0.15) is 40.0 Å². The molecule has 0 bridgehead atoms. The van der Waals surface area contributed by atoms with Crippen LogP contribution in [0.4, 0.5) is 0 Å². The third-order valence-corrected chi connectivity index (χ3v) is 2.66. The van der Waals surface area contributed by atoms with Gasteiger partial charge in [-0.25, -0.2) is 0 Å². The van der Waals surface area contributed by atoms with E-state index in [-0.39, 0.29) is 11.4 Å². The molecular weight excluding hydrogens is 190 g/mol. The predicted molar refractivity (Wildman–Crippen MR) is 60.7 cm³/mol. The molecule has 88 valence electrons. The second-order valence-corrected chi connectivity index (χ2v) is 5.29. The molecule has 1 fully saturated rings. The summed E-state index contributed by atoms with van der Waals surface area (Å²) in [6, 6.07) is 0. The molecule has 1 aliphatic heterocycles. The number of nitrogens with zero attached hydrogens (tertiary/aromatic N) is 1. The number of rotatable bonds is 4. The fourth-order valence-corrected chi connectivity index (χ4v) is 1.68. The number of ether oxygens (including phenoxy) is 1. The first-order valence-electron chi connectivity index (χ1n) is 5.90. The largest absolute Gasteiger partial charge is 0.465 e. The van der Waals surface area contributed by atoms with Crippen LogP contribution >= 0.6 is 0 Å². The summed E-state index contributed by atoms with van der Waals surface area (Å²) in [5, 5.41) is 0. The van der Waals surface area contributed by atoms with E-state index >= 15 is 0 Å². The minimum Gasteiger partial charge on any atom is -0.465 e. The van der Waals surface area contributed by atoms with Gasteiger partial charge < -0.3 is 9.64 Å². The average Bonchev–Trinajstić information content (AvgIpc) is 2.63. The Labute approximate surface area is 92.8 Å². The number of esters is 1. The molecule has 0 aromatic carbocycles. The van der Waals surface area contributed by atoms with Gasteiger partial charge in [0.1, 0.15) is 0 Å². The Kier molecular flexibility index (Phi) is 4.58. The van der Waals surface area contributed by atoms with E-state index in [1.54, 1.807) is 0 Å². The summed E-state index contributed by atoms with van der Waals surface area (Å²) in [6.45, 7) is 9.71. The summed E-state index contributed by atoms with van der Waals surface area (Å²) in [5.74, 6) is -0.0936. The molecule has 3 heteroatoms. The first-order valence-corrected chi connectivity index (χ1v) is 5.90. The van der Waals surface area contributed by atoms with E-state index in [1.807, 2.05) is 20.8 Å². The molecule has 0 radical (unpaired) electrons. The van der Waals surface area contributed by atoms with Crippen molar-refractivity contribution < 1.29 is 9.53 Å². The highest BCUT2D eigenvalue weighted by atomic mass is 16.5. The third kappa shape index (κ3) is 4.65. The highest BCUT2D eigenvalue weighted by Crippen LogP contribution is 2.15. The summed E-state index contributed by atoms with van der Waals surface area (Å²) in [7, 11) is 0. The second-order valence-electron chi connectivity index (χ2n) is 5.29. The third-order valence-electron chi connectivity index (χ3n) is 2.66. The maximum atomic E-state index is 11.4. The smallest absolute Gasteiger partial charge is 0.311 e. The zero-order chi connectivity index (χ0) is 11.3. The van der Waals surface area contributed by atoms with Gasteiger partial charge in [-0.3, -0.25) is 4.79 Å². The van der Waals surface area contributed by atoms with Crippen molar-refractivity contribution >= 4 is 5.97 Å². The molecule has 0 amide bonds. The normalized spacial score (nSPS) is 18.1. The van der Waals surface area contributed by atoms with Gasteiger partial charge in [-0.2, -0.15) is 0 Å². The molecule has 0 aromatic heterocycles. The number of hydrogen-bond donors (Lipinski definition) is 0. The van der Waals surface area contributed by atoms with Crippen LogP contribution in [-0.2, 0) is 9.53 Å². The molecular formula is C12H23NO2. The SMILES string of the molecule is CC(C)(C)C(=O)OCCCN1CCCC1. The van der Waals surface area contributed by atoms with E-state index < -0.39 is 0 Å². The Bertz CT molecular complexity index is 202. The maximum Gasteiger partial charge on any atom is 0.311 e. The fourth-order valence-electron chi connectivity index (χ4n) is 1.68. The van der Waals surface area contributed by atoms with Crippen LogP contribution in [0.2, 0.25) is 0 Å². The van der Waals surface area contributed by atoms with Crippen molar-refractivity contribution in [3.63, 3.8) is 0 Å². The molecule has 0 aliphatic carbocycles. The van der Waals surface area contributed by atoms with Crippen LogP contribution in [0.5, 0.6) is 0 Å². The van der Waals surface area contributed by atoms with Gasteiger partial charge in [-0.15, -0.1) is 0 Å². The van der Waals surface area contributed by atoms with E-state index in [2.05, 4.69) is 4.90 Å². The summed E-state index contributed by atoms with van der Waals surface area (Å²) in [5.41, 5.74) is -0.367. The van der Waals surface area contributed by atoms with Crippen molar-refractivity contribution in [1.82, 2.24) is 4.90 Å². The van der Waals surface area contributed by atoms with Crippen LogP contribution in [-0.4, -0.2) is 37.1 Å². The summed E-state index contributed by atoms with van der Waals surface area (Å²) >= 11 is 0. The monoisotopic (exact) mass is 213 g/mol. The first-order chi connectivity index (χ1) is 7.00. The van der Waals surface area contributed by atoms with Crippen LogP contribution in [0.3, 0.4) is 0 Å². The molecule has 1 rings (SSSR count). The first kappa shape index (κ1) is 12.5. The van der Waals surface area contributed by atoms with E-state index in [9.17, 15) is 4.79 Å². The van der Waals surface area contributed by atoms with E-state index in [0.29, 0.717) is 6.61 Å². The molecule has 0 atom stereocenters. The fraction of sp³-hybridized carbons (Fsp3) is 0.917. The standard InChI is InChI=1S/C12H23NO2/c1-12(2,3)11(14)15-10-6-9-13-7-4-5-8-13/h4-10H2,1-3H3. The zero-order valence-electron chi connectivity index (χ0n) is 10.2. The minimum atomic E-state index is -0.367. The van der Waals surface area contributed by atoms with Crippen molar-refractivity contribution in [2.45, 2.75) is 40.0 Å². The zero-order valence-corrected chi connectivity index (χ0v) is 10.2. The summed E-state index contributed by atoms with van der Waals surface area (Å²) in [6.07, 6.45) is 3.60. The van der Waals surface area contributed by atoms with Gasteiger partial charge in [0.15, 0.2) is 0 Å². The molecule has 1 aliphatic rings. The van der Waals surface area contributed by atoms with Gasteiger partial charge in [0.2, 0.25) is 0 Å². The molecule has 1 heterocycles. The summed E-state index contributed by atoms with van der Waals surface area (Å²) in [4.78, 5) is 13.9. The Balaban J connectivity index is 2.03. The lowest BCUT2D eigenvalue weighted by Crippen LogP contribution is -2.25. The van der Waals surface area contributed by atoms with Gasteiger partial charge in [-0.05, 0) is 53.1 Å². The Morgan fingerprint density at radius 3 is 2.40 bits per heavy atom. The molecule has 0 spiro atoms. The Morgan fingerprint density at radius 1 is 1.27 bits per heavy atom. The molecule has 0 aromatic rings. The molecule has 1 saturated heterocycles. The quantitative estimate of drug-likeness (QED) is 0.529. The number of carbonyl (C=O) groups excluding carboxylic acids is 1. The van der Waals surface area contributed by atoms with Gasteiger partial charge in [-0.1, -0.05) is 0 Å². The van der Waals surface area contributed by atoms with Crippen molar-refractivity contribution in [2.24, 2.45) is 5.41 Å². The topological polar surface area (TPSA) is 29.5 Å². The van der Waals surface area contributed by atoms with Crippen molar-refractivity contribution in [3.05, 3.63) is 0 Å². The lowest BCUT2D eigenvalue weighted by atomic mass is 9.97. The number of likely N-dealkylation sites (tertiary alicyclic amines) is 1. The lowest BCUT2D eigenvalue weighted by molar-refractivity contribution is -0.153. The van der Waals surface area contributed by atoms with Gasteiger partial charge in [0.05, 0.1) is 12.0 Å². The Morgan fingerprint density at radius 2 is 1.87 bits per heavy atom. The Hall–Kier alpha value is -0.570. The number of carbonyl (C=O) groups is 1. The molecule has 15 heavy (non-hydrogen) atoms. The van der Waals surface area contributed by atoms with Crippen LogP contribution in [0.15, 0.2) is 0 Å². The molecule has 3 nitrogen and oxygen atoms in total. The van der Waals surface area contributed by atoms with Gasteiger partial charge in [0.25, 0.3) is 0 Å². The highest BCUT2D eigenvalue weighted by molar-refractivity contribution is 5.75. The van der Waals surface area contributed by atoms with Gasteiger partial charge in [0, 0.05) is 6.54 Å². The van der Waals surface area contributed by atoms with Crippen molar-refractivity contribution in [3.8, 4) is 0 Å². The van der Waals surface area contributed by atoms with Crippen molar-refractivity contribution in [1.29, 1.82) is 0 Å². The lowest BCUT2D eigenvalue weighted by Gasteiger charge is -2.18. The average molecular weight is 213 g/mol. The van der Waals surface area contributed by atoms with E-state index in [0.717, 1.165) is 13.0 Å². The minimum absolute atomic E-state index is 0.0936. The van der Waals surface area contributed by atoms with E-state index in [4.69, 9.17) is 4.74 Å². The van der Waals surface area contributed by atoms with Gasteiger partial charge >= 0.3 is 5.97 Å². The maximum absolute atomic E-state index is 11.4. The summed E-state index contributed by atoms with van der Waals surface area (Å²) < 4.78 is 5.20. The van der Waals surface area contributed by atoms with Crippen molar-refractivity contribution in [2.75, 3.05) is 26.2 Å². The molecule has 0 saturated carbocycles. The van der Waals surface area contributed by atoms with Crippen LogP contribution < -0.4 is 0 Å². The molecule has 0 N–H and O–H groups in total. The highest BCUT2D eigenvalue weighted by Gasteiger charge is 2.22. The van der Waals surface area contributed by atoms with Crippen LogP contribution in [0.25, 0.3) is 0 Å². The van der Waals surface area contributed by atoms with Crippen LogP contribution in [0, 0.1) is 5.41 Å². The molecule has 0 unspecified atom stereocenters.